The van der Waals surface area contributed by atoms with E-state index in [2.05, 4.69) is 48.6 Å². The fourth-order valence-electron chi connectivity index (χ4n) is 2.79. The number of hydrogen-bond acceptors (Lipinski definition) is 2. The summed E-state index contributed by atoms with van der Waals surface area (Å²) in [5, 5.41) is 6.69. The first-order chi connectivity index (χ1) is 11.8. The van der Waals surface area contributed by atoms with Crippen molar-refractivity contribution in [1.82, 2.24) is 5.32 Å². The van der Waals surface area contributed by atoms with Crippen LogP contribution in [0.15, 0.2) is 60.7 Å². The smallest absolute Gasteiger partial charge is 0.124 e. The molecule has 0 aromatic heterocycles. The molecule has 0 fully saturated rings. The predicted molar refractivity (Wildman–Crippen MR) is 109 cm³/mol. The molecule has 0 heterocycles. The zero-order valence-corrected chi connectivity index (χ0v) is 15.9. The van der Waals surface area contributed by atoms with Crippen LogP contribution in [0.1, 0.15) is 24.5 Å². The Balaban J connectivity index is 0.00000225. The molecule has 3 rings (SSSR count). The van der Waals surface area contributed by atoms with Crippen LogP contribution in [0.3, 0.4) is 0 Å². The number of rotatable bonds is 7. The largest absolute Gasteiger partial charge is 0.488 e. The Hall–Kier alpha value is -1.74. The van der Waals surface area contributed by atoms with Crippen LogP contribution < -0.4 is 10.1 Å². The minimum atomic E-state index is 0. The van der Waals surface area contributed by atoms with E-state index < -0.39 is 0 Å². The van der Waals surface area contributed by atoms with Crippen LogP contribution in [0, 0.1) is 0 Å². The SMILES string of the molecule is CCCNCc1c(OCc2ccccc2Cl)ccc2ccccc12.Cl. The van der Waals surface area contributed by atoms with Gasteiger partial charge < -0.3 is 10.1 Å². The normalized spacial score (nSPS) is 10.5. The molecule has 0 spiro atoms. The molecule has 0 bridgehead atoms. The van der Waals surface area contributed by atoms with Crippen LogP contribution in [-0.2, 0) is 13.2 Å². The fourth-order valence-corrected chi connectivity index (χ4v) is 2.98. The Morgan fingerprint density at radius 1 is 0.960 bits per heavy atom. The van der Waals surface area contributed by atoms with Crippen LogP contribution in [0.2, 0.25) is 5.02 Å². The quantitative estimate of drug-likeness (QED) is 0.511. The van der Waals surface area contributed by atoms with Crippen LogP contribution in [-0.4, -0.2) is 6.54 Å². The highest BCUT2D eigenvalue weighted by Gasteiger charge is 2.09. The van der Waals surface area contributed by atoms with Gasteiger partial charge in [-0.05, 0) is 35.9 Å². The molecule has 0 aliphatic rings. The zero-order valence-electron chi connectivity index (χ0n) is 14.3. The summed E-state index contributed by atoms with van der Waals surface area (Å²) in [6.07, 6.45) is 1.11. The van der Waals surface area contributed by atoms with E-state index >= 15 is 0 Å². The average molecular weight is 376 g/mol. The Labute approximate surface area is 160 Å². The summed E-state index contributed by atoms with van der Waals surface area (Å²) in [6.45, 7) is 4.43. The van der Waals surface area contributed by atoms with Crippen molar-refractivity contribution in [1.29, 1.82) is 0 Å². The van der Waals surface area contributed by atoms with E-state index in [-0.39, 0.29) is 12.4 Å². The Morgan fingerprint density at radius 2 is 1.72 bits per heavy atom. The van der Waals surface area contributed by atoms with E-state index in [1.165, 1.54) is 16.3 Å². The van der Waals surface area contributed by atoms with Gasteiger partial charge in [0.15, 0.2) is 0 Å². The van der Waals surface area contributed by atoms with E-state index in [9.17, 15) is 0 Å². The van der Waals surface area contributed by atoms with Gasteiger partial charge in [0.05, 0.1) is 0 Å². The van der Waals surface area contributed by atoms with Gasteiger partial charge in [-0.1, -0.05) is 67.1 Å². The minimum Gasteiger partial charge on any atom is -0.488 e. The monoisotopic (exact) mass is 375 g/mol. The summed E-state index contributed by atoms with van der Waals surface area (Å²) in [4.78, 5) is 0. The molecule has 0 atom stereocenters. The van der Waals surface area contributed by atoms with Gasteiger partial charge in [-0.2, -0.15) is 0 Å². The lowest BCUT2D eigenvalue weighted by Gasteiger charge is -2.15. The van der Waals surface area contributed by atoms with Crippen LogP contribution in [0.25, 0.3) is 10.8 Å². The summed E-state index contributed by atoms with van der Waals surface area (Å²) in [6, 6.07) is 20.4. The average Bonchev–Trinajstić information content (AvgIpc) is 2.62. The van der Waals surface area contributed by atoms with Gasteiger partial charge in [0, 0.05) is 22.7 Å². The van der Waals surface area contributed by atoms with Crippen LogP contribution in [0.4, 0.5) is 0 Å². The molecular formula is C21H23Cl2NO. The van der Waals surface area contributed by atoms with Crippen molar-refractivity contribution in [3.63, 3.8) is 0 Å². The first-order valence-electron chi connectivity index (χ1n) is 8.37. The van der Waals surface area contributed by atoms with E-state index in [1.54, 1.807) is 0 Å². The summed E-state index contributed by atoms with van der Waals surface area (Å²) >= 11 is 6.24. The van der Waals surface area contributed by atoms with Gasteiger partial charge in [0.2, 0.25) is 0 Å². The highest BCUT2D eigenvalue weighted by atomic mass is 35.5. The van der Waals surface area contributed by atoms with Gasteiger partial charge >= 0.3 is 0 Å². The third kappa shape index (κ3) is 4.88. The number of ether oxygens (including phenoxy) is 1. The Bertz CT molecular complexity index is 820. The molecule has 0 amide bonds. The molecule has 25 heavy (non-hydrogen) atoms. The van der Waals surface area contributed by atoms with E-state index in [0.29, 0.717) is 6.61 Å². The first-order valence-corrected chi connectivity index (χ1v) is 8.75. The van der Waals surface area contributed by atoms with Crippen molar-refractivity contribution in [3.8, 4) is 5.75 Å². The number of fused-ring (bicyclic) bond motifs is 1. The van der Waals surface area contributed by atoms with Gasteiger partial charge in [-0.3, -0.25) is 0 Å². The Morgan fingerprint density at radius 3 is 2.52 bits per heavy atom. The van der Waals surface area contributed by atoms with Gasteiger partial charge in [0.1, 0.15) is 12.4 Å². The van der Waals surface area contributed by atoms with Crippen molar-refractivity contribution in [2.45, 2.75) is 26.5 Å². The lowest BCUT2D eigenvalue weighted by Crippen LogP contribution is -2.15. The second kappa shape index (κ2) is 9.67. The number of hydrogen-bond donors (Lipinski definition) is 1. The molecule has 3 aromatic rings. The van der Waals surface area contributed by atoms with E-state index in [4.69, 9.17) is 16.3 Å². The standard InChI is InChI=1S/C21H22ClNO.ClH/c1-2-13-23-14-19-18-9-5-3-7-16(18)11-12-21(19)24-15-17-8-4-6-10-20(17)22;/h3-12,23H,2,13-15H2,1H3;1H. The molecule has 2 nitrogen and oxygen atoms in total. The highest BCUT2D eigenvalue weighted by Crippen LogP contribution is 2.29. The predicted octanol–water partition coefficient (Wildman–Crippen LogP) is 5.99. The molecule has 3 aromatic carbocycles. The molecule has 0 aliphatic heterocycles. The third-order valence-electron chi connectivity index (χ3n) is 4.07. The minimum absolute atomic E-state index is 0. The first kappa shape index (κ1) is 19.6. The molecular weight excluding hydrogens is 353 g/mol. The van der Waals surface area contributed by atoms with Crippen molar-refractivity contribution in [2.75, 3.05) is 6.54 Å². The molecule has 1 N–H and O–H groups in total. The lowest BCUT2D eigenvalue weighted by molar-refractivity contribution is 0.303. The number of halogens is 2. The van der Waals surface area contributed by atoms with E-state index in [0.717, 1.165) is 35.8 Å². The van der Waals surface area contributed by atoms with Gasteiger partial charge in [0.25, 0.3) is 0 Å². The van der Waals surface area contributed by atoms with Crippen molar-refractivity contribution >= 4 is 34.8 Å². The maximum Gasteiger partial charge on any atom is 0.124 e. The molecule has 0 radical (unpaired) electrons. The van der Waals surface area contributed by atoms with Gasteiger partial charge in [-0.25, -0.2) is 0 Å². The second-order valence-corrected chi connectivity index (χ2v) is 6.23. The fraction of sp³-hybridized carbons (Fsp3) is 0.238. The van der Waals surface area contributed by atoms with Gasteiger partial charge in [-0.15, -0.1) is 12.4 Å². The van der Waals surface area contributed by atoms with Crippen LogP contribution >= 0.6 is 24.0 Å². The maximum absolute atomic E-state index is 6.24. The lowest BCUT2D eigenvalue weighted by atomic mass is 10.0. The summed E-state index contributed by atoms with van der Waals surface area (Å²) < 4.78 is 6.12. The van der Waals surface area contributed by atoms with Crippen molar-refractivity contribution in [2.24, 2.45) is 0 Å². The highest BCUT2D eigenvalue weighted by molar-refractivity contribution is 6.31. The molecule has 0 unspecified atom stereocenters. The topological polar surface area (TPSA) is 21.3 Å². The summed E-state index contributed by atoms with van der Waals surface area (Å²) in [5.41, 5.74) is 2.20. The van der Waals surface area contributed by atoms with Crippen molar-refractivity contribution in [3.05, 3.63) is 76.8 Å². The molecule has 0 aliphatic carbocycles. The zero-order chi connectivity index (χ0) is 16.8. The number of nitrogens with one attached hydrogen (secondary N) is 1. The third-order valence-corrected chi connectivity index (χ3v) is 4.44. The summed E-state index contributed by atoms with van der Waals surface area (Å²) in [5.74, 6) is 0.914. The maximum atomic E-state index is 6.24. The molecule has 132 valence electrons. The van der Waals surface area contributed by atoms with Crippen molar-refractivity contribution < 1.29 is 4.74 Å². The Kier molecular flexibility index (Phi) is 7.57. The molecule has 4 heteroatoms. The summed E-state index contributed by atoms with van der Waals surface area (Å²) in [7, 11) is 0. The van der Waals surface area contributed by atoms with E-state index in [1.807, 2.05) is 24.3 Å². The second-order valence-electron chi connectivity index (χ2n) is 5.82. The molecule has 0 saturated carbocycles. The molecule has 0 saturated heterocycles. The van der Waals surface area contributed by atoms with Crippen LogP contribution in [0.5, 0.6) is 5.75 Å². The number of benzene rings is 3.